The summed E-state index contributed by atoms with van der Waals surface area (Å²) >= 11 is 0. The molecule has 0 aromatic heterocycles. The Morgan fingerprint density at radius 1 is 0.440 bits per heavy atom. The molecular weight excluding hydrogens is 304 g/mol. The Hall–Kier alpha value is -3.32. The minimum atomic E-state index is 0.855. The van der Waals surface area contributed by atoms with Crippen molar-refractivity contribution in [2.45, 2.75) is 0 Å². The third-order valence-corrected chi connectivity index (χ3v) is 4.67. The molecule has 118 valence electrons. The zero-order valence-electron chi connectivity index (χ0n) is 13.6. The van der Waals surface area contributed by atoms with Gasteiger partial charge in [-0.15, -0.1) is 0 Å². The lowest BCUT2D eigenvalue weighted by Crippen LogP contribution is -1.86. The van der Waals surface area contributed by atoms with Crippen molar-refractivity contribution in [3.63, 3.8) is 0 Å². The maximum atomic E-state index is 6.13. The number of hydrogen-bond acceptors (Lipinski definition) is 1. The van der Waals surface area contributed by atoms with Crippen LogP contribution in [0.5, 0.6) is 11.5 Å². The first kappa shape index (κ1) is 14.1. The van der Waals surface area contributed by atoms with E-state index in [4.69, 9.17) is 4.74 Å². The Morgan fingerprint density at radius 2 is 1.12 bits per heavy atom. The molecule has 0 bridgehead atoms. The first-order valence-electron chi connectivity index (χ1n) is 8.46. The number of fused-ring (bicyclic) bond motifs is 4. The van der Waals surface area contributed by atoms with Crippen LogP contribution in [0.2, 0.25) is 0 Å². The van der Waals surface area contributed by atoms with Crippen molar-refractivity contribution in [1.82, 2.24) is 0 Å². The van der Waals surface area contributed by atoms with Gasteiger partial charge >= 0.3 is 0 Å². The Balaban J connectivity index is 1.76. The lowest BCUT2D eigenvalue weighted by molar-refractivity contribution is 0.488. The molecule has 1 nitrogen and oxygen atoms in total. The zero-order chi connectivity index (χ0) is 16.6. The van der Waals surface area contributed by atoms with E-state index in [9.17, 15) is 0 Å². The highest BCUT2D eigenvalue weighted by molar-refractivity contribution is 6.12. The molecule has 0 aliphatic rings. The van der Waals surface area contributed by atoms with E-state index >= 15 is 0 Å². The summed E-state index contributed by atoms with van der Waals surface area (Å²) in [6.07, 6.45) is 0. The summed E-state index contributed by atoms with van der Waals surface area (Å²) in [6, 6.07) is 33.6. The monoisotopic (exact) mass is 320 g/mol. The summed E-state index contributed by atoms with van der Waals surface area (Å²) in [4.78, 5) is 0. The number of rotatable bonds is 2. The molecule has 5 aromatic carbocycles. The molecule has 0 atom stereocenters. The highest BCUT2D eigenvalue weighted by atomic mass is 16.5. The van der Waals surface area contributed by atoms with E-state index < -0.39 is 0 Å². The molecule has 25 heavy (non-hydrogen) atoms. The predicted molar refractivity (Wildman–Crippen MR) is 105 cm³/mol. The van der Waals surface area contributed by atoms with Crippen molar-refractivity contribution in [3.8, 4) is 11.5 Å². The first-order valence-corrected chi connectivity index (χ1v) is 8.46. The summed E-state index contributed by atoms with van der Waals surface area (Å²) < 4.78 is 6.13. The largest absolute Gasteiger partial charge is 0.457 e. The predicted octanol–water partition coefficient (Wildman–Crippen LogP) is 6.94. The Morgan fingerprint density at radius 3 is 2.04 bits per heavy atom. The van der Waals surface area contributed by atoms with E-state index in [0.29, 0.717) is 0 Å². The number of hydrogen-bond donors (Lipinski definition) is 0. The van der Waals surface area contributed by atoms with Crippen LogP contribution in [0.4, 0.5) is 0 Å². The Labute approximate surface area is 146 Å². The number of benzene rings is 5. The van der Waals surface area contributed by atoms with E-state index in [-0.39, 0.29) is 0 Å². The van der Waals surface area contributed by atoms with Crippen LogP contribution in [-0.4, -0.2) is 0 Å². The van der Waals surface area contributed by atoms with E-state index in [1.54, 1.807) is 0 Å². The second-order valence-corrected chi connectivity index (χ2v) is 6.25. The molecule has 0 fully saturated rings. The highest BCUT2D eigenvalue weighted by Gasteiger charge is 2.07. The normalized spacial score (nSPS) is 11.2. The van der Waals surface area contributed by atoms with Crippen molar-refractivity contribution in [2.75, 3.05) is 0 Å². The molecule has 0 saturated heterocycles. The third kappa shape index (κ3) is 2.41. The van der Waals surface area contributed by atoms with Gasteiger partial charge in [0.2, 0.25) is 0 Å². The quantitative estimate of drug-likeness (QED) is 0.253. The second kappa shape index (κ2) is 5.64. The minimum Gasteiger partial charge on any atom is -0.457 e. The van der Waals surface area contributed by atoms with E-state index in [0.717, 1.165) is 16.9 Å². The van der Waals surface area contributed by atoms with Gasteiger partial charge in [-0.25, -0.2) is 0 Å². The van der Waals surface area contributed by atoms with E-state index in [1.807, 2.05) is 36.4 Å². The van der Waals surface area contributed by atoms with Crippen molar-refractivity contribution in [2.24, 2.45) is 0 Å². The fourth-order valence-electron chi connectivity index (χ4n) is 3.46. The van der Waals surface area contributed by atoms with Crippen LogP contribution in [-0.2, 0) is 0 Å². The smallest absolute Gasteiger partial charge is 0.135 e. The molecule has 1 heteroatoms. The molecule has 0 radical (unpaired) electrons. The fourth-order valence-corrected chi connectivity index (χ4v) is 3.46. The van der Waals surface area contributed by atoms with Gasteiger partial charge in [0, 0.05) is 5.39 Å². The van der Waals surface area contributed by atoms with Gasteiger partial charge in [0.25, 0.3) is 0 Å². The Kier molecular flexibility index (Phi) is 3.17. The van der Waals surface area contributed by atoms with Crippen molar-refractivity contribution in [3.05, 3.63) is 97.1 Å². The average molecular weight is 320 g/mol. The molecule has 0 aliphatic heterocycles. The van der Waals surface area contributed by atoms with Gasteiger partial charge in [-0.3, -0.25) is 0 Å². The fraction of sp³-hybridized carbons (Fsp3) is 0. The molecule has 0 amide bonds. The van der Waals surface area contributed by atoms with Gasteiger partial charge in [-0.1, -0.05) is 66.7 Å². The Bertz CT molecular complexity index is 1210. The molecular formula is C24H16O. The van der Waals surface area contributed by atoms with Crippen LogP contribution >= 0.6 is 0 Å². The molecule has 0 heterocycles. The third-order valence-electron chi connectivity index (χ3n) is 4.67. The molecule has 0 saturated carbocycles. The topological polar surface area (TPSA) is 9.23 Å². The number of para-hydroxylation sites is 1. The van der Waals surface area contributed by atoms with Crippen LogP contribution in [0.1, 0.15) is 0 Å². The van der Waals surface area contributed by atoms with Gasteiger partial charge in [-0.2, -0.15) is 0 Å². The summed E-state index contributed by atoms with van der Waals surface area (Å²) in [5.41, 5.74) is 0. The summed E-state index contributed by atoms with van der Waals surface area (Å²) in [7, 11) is 0. The van der Waals surface area contributed by atoms with E-state index in [1.165, 1.54) is 26.9 Å². The lowest BCUT2D eigenvalue weighted by atomic mass is 9.98. The minimum absolute atomic E-state index is 0.855. The van der Waals surface area contributed by atoms with Crippen molar-refractivity contribution < 1.29 is 4.74 Å². The zero-order valence-corrected chi connectivity index (χ0v) is 13.6. The van der Waals surface area contributed by atoms with Crippen LogP contribution in [0.3, 0.4) is 0 Å². The molecule has 0 aliphatic carbocycles. The summed E-state index contributed by atoms with van der Waals surface area (Å²) in [5.74, 6) is 1.74. The maximum absolute atomic E-state index is 6.13. The lowest BCUT2D eigenvalue weighted by Gasteiger charge is -2.11. The molecule has 5 aromatic rings. The molecule has 5 rings (SSSR count). The van der Waals surface area contributed by atoms with Crippen LogP contribution < -0.4 is 4.74 Å². The summed E-state index contributed by atoms with van der Waals surface area (Å²) in [5, 5.41) is 7.39. The highest BCUT2D eigenvalue weighted by Crippen LogP contribution is 2.35. The van der Waals surface area contributed by atoms with Gasteiger partial charge in [0.05, 0.1) is 0 Å². The molecule has 0 spiro atoms. The number of ether oxygens (including phenoxy) is 1. The van der Waals surface area contributed by atoms with Gasteiger partial charge in [-0.05, 0) is 57.3 Å². The average Bonchev–Trinajstić information content (AvgIpc) is 2.68. The van der Waals surface area contributed by atoms with Crippen LogP contribution in [0.15, 0.2) is 97.1 Å². The van der Waals surface area contributed by atoms with Crippen LogP contribution in [0.25, 0.3) is 32.3 Å². The van der Waals surface area contributed by atoms with Crippen molar-refractivity contribution >= 4 is 32.3 Å². The van der Waals surface area contributed by atoms with E-state index in [2.05, 4.69) is 60.7 Å². The second-order valence-electron chi connectivity index (χ2n) is 6.25. The SMILES string of the molecule is c1ccc(Oc2cccc3cc4c(ccc5ccccc54)cc23)cc1. The van der Waals surface area contributed by atoms with Gasteiger partial charge < -0.3 is 4.74 Å². The molecule has 0 unspecified atom stereocenters. The standard InChI is InChI=1S/C24H16O/c1-2-9-20(10-3-1)25-24-12-6-8-18-15-22-19(16-23(18)24)14-13-17-7-4-5-11-21(17)22/h1-16H. The van der Waals surface area contributed by atoms with Gasteiger partial charge in [0.1, 0.15) is 11.5 Å². The summed E-state index contributed by atoms with van der Waals surface area (Å²) in [6.45, 7) is 0. The first-order chi connectivity index (χ1) is 12.4. The van der Waals surface area contributed by atoms with Gasteiger partial charge in [0.15, 0.2) is 0 Å². The maximum Gasteiger partial charge on any atom is 0.135 e. The van der Waals surface area contributed by atoms with Crippen molar-refractivity contribution in [1.29, 1.82) is 0 Å². The van der Waals surface area contributed by atoms with Crippen LogP contribution in [0, 0.1) is 0 Å². The molecule has 0 N–H and O–H groups in total.